The van der Waals surface area contributed by atoms with E-state index in [1.807, 2.05) is 28.0 Å². The largest absolute Gasteiger partial charge is 0.345 e. The lowest BCUT2D eigenvalue weighted by molar-refractivity contribution is -0.140. The van der Waals surface area contributed by atoms with E-state index in [0.717, 1.165) is 16.6 Å². The van der Waals surface area contributed by atoms with Crippen LogP contribution in [0.15, 0.2) is 24.5 Å². The molecule has 0 aliphatic carbocycles. The van der Waals surface area contributed by atoms with Crippen molar-refractivity contribution >= 4 is 22.8 Å². The maximum Gasteiger partial charge on any atom is 0.227 e. The Bertz CT molecular complexity index is 767. The summed E-state index contributed by atoms with van der Waals surface area (Å²) in [5.74, 6) is 0.297. The van der Waals surface area contributed by atoms with E-state index in [4.69, 9.17) is 0 Å². The van der Waals surface area contributed by atoms with E-state index in [1.165, 1.54) is 0 Å². The Morgan fingerprint density at radius 2 is 1.72 bits per heavy atom. The molecular weight excluding hydrogens is 316 g/mol. The third-order valence-electron chi connectivity index (χ3n) is 4.51. The Hall–Kier alpha value is -2.37. The van der Waals surface area contributed by atoms with E-state index >= 15 is 0 Å². The molecule has 1 aliphatic heterocycles. The van der Waals surface area contributed by atoms with Crippen molar-refractivity contribution in [3.8, 4) is 0 Å². The van der Waals surface area contributed by atoms with Gasteiger partial charge in [0.15, 0.2) is 0 Å². The topological polar surface area (TPSA) is 69.3 Å². The molecule has 1 fully saturated rings. The molecule has 25 heavy (non-hydrogen) atoms. The second kappa shape index (κ2) is 6.86. The number of piperazine rings is 1. The first-order valence-electron chi connectivity index (χ1n) is 8.79. The quantitative estimate of drug-likeness (QED) is 0.930. The van der Waals surface area contributed by atoms with Gasteiger partial charge in [-0.15, -0.1) is 0 Å². The van der Waals surface area contributed by atoms with Crippen molar-refractivity contribution in [3.05, 3.63) is 30.1 Å². The Kier molecular flexibility index (Phi) is 4.79. The van der Waals surface area contributed by atoms with Gasteiger partial charge in [0.25, 0.3) is 0 Å². The Morgan fingerprint density at radius 1 is 1.08 bits per heavy atom. The third-order valence-corrected chi connectivity index (χ3v) is 4.51. The van der Waals surface area contributed by atoms with Gasteiger partial charge in [0, 0.05) is 32.6 Å². The molecule has 0 radical (unpaired) electrons. The van der Waals surface area contributed by atoms with Crippen molar-refractivity contribution in [1.82, 2.24) is 19.8 Å². The zero-order valence-corrected chi connectivity index (χ0v) is 15.2. The van der Waals surface area contributed by atoms with Gasteiger partial charge in [0.1, 0.15) is 0 Å². The number of aromatic nitrogens is 2. The Balaban J connectivity index is 1.53. The molecular formula is C19H26N4O2. The summed E-state index contributed by atoms with van der Waals surface area (Å²) in [7, 11) is 0. The van der Waals surface area contributed by atoms with Gasteiger partial charge in [-0.05, 0) is 23.1 Å². The summed E-state index contributed by atoms with van der Waals surface area (Å²) < 4.78 is 0. The maximum atomic E-state index is 12.5. The molecule has 1 saturated heterocycles. The maximum absolute atomic E-state index is 12.5. The summed E-state index contributed by atoms with van der Waals surface area (Å²) >= 11 is 0. The minimum Gasteiger partial charge on any atom is -0.345 e. The molecule has 0 unspecified atom stereocenters. The van der Waals surface area contributed by atoms with Crippen LogP contribution in [0.5, 0.6) is 0 Å². The smallest absolute Gasteiger partial charge is 0.227 e. The van der Waals surface area contributed by atoms with E-state index in [9.17, 15) is 9.59 Å². The third kappa shape index (κ3) is 4.38. The molecule has 3 rings (SSSR count). The summed E-state index contributed by atoms with van der Waals surface area (Å²) in [4.78, 5) is 35.8. The Morgan fingerprint density at radius 3 is 2.36 bits per heavy atom. The lowest BCUT2D eigenvalue weighted by Crippen LogP contribution is -2.51. The molecule has 0 saturated carbocycles. The van der Waals surface area contributed by atoms with Crippen LogP contribution in [-0.2, 0) is 16.0 Å². The van der Waals surface area contributed by atoms with Crippen LogP contribution in [0.2, 0.25) is 0 Å². The number of hydrogen-bond donors (Lipinski definition) is 1. The normalized spacial score (nSPS) is 15.6. The molecule has 1 aliphatic rings. The number of carbonyl (C=O) groups is 2. The van der Waals surface area contributed by atoms with Gasteiger partial charge in [0.2, 0.25) is 11.8 Å². The molecule has 1 N–H and O–H groups in total. The lowest BCUT2D eigenvalue weighted by Gasteiger charge is -2.36. The van der Waals surface area contributed by atoms with E-state index in [2.05, 4.69) is 30.7 Å². The number of carbonyl (C=O) groups excluding carboxylic acids is 2. The highest BCUT2D eigenvalue weighted by molar-refractivity contribution is 5.82. The van der Waals surface area contributed by atoms with Crippen molar-refractivity contribution in [2.24, 2.45) is 5.41 Å². The summed E-state index contributed by atoms with van der Waals surface area (Å²) in [6.07, 6.45) is 2.58. The van der Waals surface area contributed by atoms with Crippen LogP contribution < -0.4 is 0 Å². The standard InChI is InChI=1S/C19H26N4O2/c1-19(2,3)12-18(25)23-8-6-22(7-9-23)17(24)11-14-4-5-15-16(10-14)21-13-20-15/h4-5,10,13H,6-9,11-12H2,1-3H3,(H,20,21). The number of amides is 2. The van der Waals surface area contributed by atoms with E-state index < -0.39 is 0 Å². The van der Waals surface area contributed by atoms with Gasteiger partial charge in [-0.1, -0.05) is 26.8 Å². The fourth-order valence-electron chi connectivity index (χ4n) is 3.15. The monoisotopic (exact) mass is 342 g/mol. The van der Waals surface area contributed by atoms with Gasteiger partial charge >= 0.3 is 0 Å². The molecule has 1 aromatic carbocycles. The van der Waals surface area contributed by atoms with Crippen LogP contribution in [-0.4, -0.2) is 57.8 Å². The van der Waals surface area contributed by atoms with Gasteiger partial charge in [0.05, 0.1) is 23.8 Å². The van der Waals surface area contributed by atoms with Gasteiger partial charge in [-0.25, -0.2) is 4.98 Å². The van der Waals surface area contributed by atoms with E-state index in [1.54, 1.807) is 6.33 Å². The fraction of sp³-hybridized carbons (Fsp3) is 0.526. The average Bonchev–Trinajstić information content (AvgIpc) is 3.01. The number of nitrogens with zero attached hydrogens (tertiary/aromatic N) is 3. The van der Waals surface area contributed by atoms with E-state index in [-0.39, 0.29) is 17.2 Å². The highest BCUT2D eigenvalue weighted by Crippen LogP contribution is 2.20. The Labute approximate surface area is 148 Å². The van der Waals surface area contributed by atoms with Crippen molar-refractivity contribution in [2.75, 3.05) is 26.2 Å². The number of benzene rings is 1. The average molecular weight is 342 g/mol. The molecule has 2 heterocycles. The van der Waals surface area contributed by atoms with Crippen LogP contribution in [0.3, 0.4) is 0 Å². The summed E-state index contributed by atoms with van der Waals surface area (Å²) in [5.41, 5.74) is 2.83. The minimum atomic E-state index is -0.00461. The molecule has 134 valence electrons. The van der Waals surface area contributed by atoms with Crippen molar-refractivity contribution in [2.45, 2.75) is 33.6 Å². The molecule has 2 aromatic rings. The molecule has 2 amide bonds. The number of fused-ring (bicyclic) bond motifs is 1. The molecule has 6 nitrogen and oxygen atoms in total. The minimum absolute atomic E-state index is 0.00461. The first-order valence-corrected chi connectivity index (χ1v) is 8.79. The van der Waals surface area contributed by atoms with Gasteiger partial charge in [-0.3, -0.25) is 9.59 Å². The number of H-pyrrole nitrogens is 1. The van der Waals surface area contributed by atoms with Gasteiger partial charge < -0.3 is 14.8 Å². The van der Waals surface area contributed by atoms with E-state index in [0.29, 0.717) is 39.0 Å². The summed E-state index contributed by atoms with van der Waals surface area (Å²) in [6, 6.07) is 5.85. The molecule has 0 atom stereocenters. The highest BCUT2D eigenvalue weighted by atomic mass is 16.2. The van der Waals surface area contributed by atoms with Crippen LogP contribution in [0, 0.1) is 5.41 Å². The molecule has 0 spiro atoms. The van der Waals surface area contributed by atoms with Crippen molar-refractivity contribution in [1.29, 1.82) is 0 Å². The first-order chi connectivity index (χ1) is 11.8. The SMILES string of the molecule is CC(C)(C)CC(=O)N1CCN(C(=O)Cc2ccc3nc[nH]c3c2)CC1. The van der Waals surface area contributed by atoms with Crippen molar-refractivity contribution in [3.63, 3.8) is 0 Å². The number of aromatic amines is 1. The summed E-state index contributed by atoms with van der Waals surface area (Å²) in [5, 5.41) is 0. The number of nitrogens with one attached hydrogen (secondary N) is 1. The molecule has 0 bridgehead atoms. The zero-order valence-electron chi connectivity index (χ0n) is 15.2. The number of hydrogen-bond acceptors (Lipinski definition) is 3. The fourth-order valence-corrected chi connectivity index (χ4v) is 3.15. The van der Waals surface area contributed by atoms with Gasteiger partial charge in [-0.2, -0.15) is 0 Å². The predicted molar refractivity (Wildman–Crippen MR) is 97.0 cm³/mol. The van der Waals surface area contributed by atoms with Crippen LogP contribution in [0.1, 0.15) is 32.8 Å². The highest BCUT2D eigenvalue weighted by Gasteiger charge is 2.26. The molecule has 1 aromatic heterocycles. The van der Waals surface area contributed by atoms with Crippen LogP contribution in [0.25, 0.3) is 11.0 Å². The number of rotatable bonds is 3. The zero-order chi connectivity index (χ0) is 18.0. The number of imidazole rings is 1. The second-order valence-corrected chi connectivity index (χ2v) is 7.93. The predicted octanol–water partition coefficient (Wildman–Crippen LogP) is 2.21. The summed E-state index contributed by atoms with van der Waals surface area (Å²) in [6.45, 7) is 8.69. The second-order valence-electron chi connectivity index (χ2n) is 7.93. The molecule has 6 heteroatoms. The van der Waals surface area contributed by atoms with Crippen LogP contribution >= 0.6 is 0 Å². The van der Waals surface area contributed by atoms with Crippen LogP contribution in [0.4, 0.5) is 0 Å². The first kappa shape index (κ1) is 17.5. The lowest BCUT2D eigenvalue weighted by atomic mass is 9.91. The van der Waals surface area contributed by atoms with Crippen molar-refractivity contribution < 1.29 is 9.59 Å².